The number of rotatable bonds is 6. The lowest BCUT2D eigenvalue weighted by Gasteiger charge is -2.18. The molecular weight excluding hydrogens is 336 g/mol. The van der Waals surface area contributed by atoms with E-state index in [0.29, 0.717) is 25.8 Å². The van der Waals surface area contributed by atoms with E-state index in [9.17, 15) is 18.0 Å². The van der Waals surface area contributed by atoms with Gasteiger partial charge in [0.15, 0.2) is 5.78 Å². The van der Waals surface area contributed by atoms with Crippen LogP contribution in [0.25, 0.3) is 0 Å². The standard InChI is InChI=1S/C15H22N2O4S2/c1-2-3-7-14(19)16-12-6-4-9-17(11-13(12)18)23(20,21)15-8-5-10-22-15/h5,8,10,12H,2-4,6-7,9,11H2,1H3,(H,16,19). The Hall–Kier alpha value is -1.25. The van der Waals surface area contributed by atoms with E-state index in [1.807, 2.05) is 6.92 Å². The lowest BCUT2D eigenvalue weighted by atomic mass is 10.1. The molecule has 128 valence electrons. The molecule has 0 aliphatic carbocycles. The molecule has 2 heterocycles. The fourth-order valence-electron chi connectivity index (χ4n) is 2.49. The number of Topliss-reactive ketones (excluding diaryl/α,β-unsaturated/α-hetero) is 1. The summed E-state index contributed by atoms with van der Waals surface area (Å²) in [6.45, 7) is 2.11. The average Bonchev–Trinajstić information content (AvgIpc) is 2.99. The predicted octanol–water partition coefficient (Wildman–Crippen LogP) is 1.78. The van der Waals surface area contributed by atoms with Crippen LogP contribution in [0.1, 0.15) is 39.0 Å². The zero-order valence-electron chi connectivity index (χ0n) is 13.2. The van der Waals surface area contributed by atoms with E-state index in [4.69, 9.17) is 0 Å². The summed E-state index contributed by atoms with van der Waals surface area (Å²) < 4.78 is 26.5. The Morgan fingerprint density at radius 1 is 1.48 bits per heavy atom. The highest BCUT2D eigenvalue weighted by Crippen LogP contribution is 2.23. The van der Waals surface area contributed by atoms with Crippen molar-refractivity contribution in [3.05, 3.63) is 17.5 Å². The third-order valence-electron chi connectivity index (χ3n) is 3.80. The summed E-state index contributed by atoms with van der Waals surface area (Å²) in [5, 5.41) is 4.44. The first-order valence-corrected chi connectivity index (χ1v) is 10.1. The highest BCUT2D eigenvalue weighted by atomic mass is 32.2. The van der Waals surface area contributed by atoms with Crippen LogP contribution < -0.4 is 5.32 Å². The summed E-state index contributed by atoms with van der Waals surface area (Å²) in [5.74, 6) is -0.382. The van der Waals surface area contributed by atoms with Crippen LogP contribution in [0.15, 0.2) is 21.7 Å². The SMILES string of the molecule is CCCCC(=O)NC1CCCN(S(=O)(=O)c2cccs2)CC1=O. The van der Waals surface area contributed by atoms with Gasteiger partial charge in [0, 0.05) is 13.0 Å². The van der Waals surface area contributed by atoms with Gasteiger partial charge in [-0.1, -0.05) is 19.4 Å². The van der Waals surface area contributed by atoms with Crippen LogP contribution in [0.3, 0.4) is 0 Å². The molecule has 2 rings (SSSR count). The molecule has 23 heavy (non-hydrogen) atoms. The number of sulfonamides is 1. The lowest BCUT2D eigenvalue weighted by Crippen LogP contribution is -2.44. The zero-order chi connectivity index (χ0) is 16.9. The molecule has 6 nitrogen and oxygen atoms in total. The summed E-state index contributed by atoms with van der Waals surface area (Å²) in [6.07, 6.45) is 3.13. The monoisotopic (exact) mass is 358 g/mol. The van der Waals surface area contributed by atoms with Gasteiger partial charge in [0.2, 0.25) is 5.91 Å². The quantitative estimate of drug-likeness (QED) is 0.840. The van der Waals surface area contributed by atoms with Gasteiger partial charge < -0.3 is 5.32 Å². The molecule has 1 aromatic heterocycles. The summed E-state index contributed by atoms with van der Waals surface area (Å²) in [4.78, 5) is 24.1. The molecule has 1 unspecified atom stereocenters. The molecule has 1 fully saturated rings. The third-order valence-corrected chi connectivity index (χ3v) is 7.02. The Balaban J connectivity index is 2.02. The van der Waals surface area contributed by atoms with Gasteiger partial charge in [0.1, 0.15) is 4.21 Å². The average molecular weight is 358 g/mol. The Labute approximate surface area is 140 Å². The number of nitrogens with zero attached hydrogens (tertiary/aromatic N) is 1. The summed E-state index contributed by atoms with van der Waals surface area (Å²) in [5.41, 5.74) is 0. The molecule has 1 atom stereocenters. The number of nitrogens with one attached hydrogen (secondary N) is 1. The van der Waals surface area contributed by atoms with Crippen molar-refractivity contribution in [3.63, 3.8) is 0 Å². The minimum absolute atomic E-state index is 0.139. The van der Waals surface area contributed by atoms with E-state index in [2.05, 4.69) is 5.32 Å². The number of thiophene rings is 1. The predicted molar refractivity (Wildman–Crippen MR) is 88.8 cm³/mol. The Bertz CT molecular complexity index is 640. The van der Waals surface area contributed by atoms with Crippen LogP contribution in [0.4, 0.5) is 0 Å². The van der Waals surface area contributed by atoms with Crippen molar-refractivity contribution < 1.29 is 18.0 Å². The maximum atomic E-state index is 12.5. The number of hydrogen-bond donors (Lipinski definition) is 1. The number of amides is 1. The summed E-state index contributed by atoms with van der Waals surface area (Å²) >= 11 is 1.14. The van der Waals surface area contributed by atoms with E-state index < -0.39 is 16.1 Å². The van der Waals surface area contributed by atoms with Crippen LogP contribution in [0, 0.1) is 0 Å². The third kappa shape index (κ3) is 4.62. The second-order valence-electron chi connectivity index (χ2n) is 5.60. The molecule has 0 saturated carbocycles. The van der Waals surface area contributed by atoms with Gasteiger partial charge in [-0.3, -0.25) is 9.59 Å². The van der Waals surface area contributed by atoms with Crippen LogP contribution >= 0.6 is 11.3 Å². The molecule has 0 aromatic carbocycles. The van der Waals surface area contributed by atoms with Crippen LogP contribution in [0.5, 0.6) is 0 Å². The van der Waals surface area contributed by atoms with Crippen molar-refractivity contribution in [1.82, 2.24) is 9.62 Å². The highest BCUT2D eigenvalue weighted by Gasteiger charge is 2.33. The fraction of sp³-hybridized carbons (Fsp3) is 0.600. The summed E-state index contributed by atoms with van der Waals surface area (Å²) in [7, 11) is -3.62. The Morgan fingerprint density at radius 3 is 2.91 bits per heavy atom. The van der Waals surface area contributed by atoms with E-state index in [1.54, 1.807) is 17.5 Å². The normalized spacial score (nSPS) is 20.2. The van der Waals surface area contributed by atoms with E-state index in [-0.39, 0.29) is 22.4 Å². The maximum Gasteiger partial charge on any atom is 0.252 e. The number of carbonyl (C=O) groups excluding carboxylic acids is 2. The van der Waals surface area contributed by atoms with Gasteiger partial charge >= 0.3 is 0 Å². The largest absolute Gasteiger partial charge is 0.346 e. The minimum atomic E-state index is -3.62. The first-order chi connectivity index (χ1) is 10.9. The number of hydrogen-bond acceptors (Lipinski definition) is 5. The van der Waals surface area contributed by atoms with Gasteiger partial charge in [-0.25, -0.2) is 8.42 Å². The molecule has 1 aliphatic heterocycles. The van der Waals surface area contributed by atoms with Crippen LogP contribution in [0.2, 0.25) is 0 Å². The number of unbranched alkanes of at least 4 members (excludes halogenated alkanes) is 1. The van der Waals surface area contributed by atoms with Gasteiger partial charge in [-0.15, -0.1) is 11.3 Å². The summed E-state index contributed by atoms with van der Waals surface area (Å²) in [6, 6.07) is 2.63. The van der Waals surface area contributed by atoms with Crippen molar-refractivity contribution in [2.45, 2.75) is 49.3 Å². The molecule has 1 N–H and O–H groups in total. The molecule has 1 aliphatic rings. The Morgan fingerprint density at radius 2 is 2.26 bits per heavy atom. The van der Waals surface area contributed by atoms with Crippen LogP contribution in [-0.4, -0.2) is 43.5 Å². The van der Waals surface area contributed by atoms with Crippen molar-refractivity contribution in [2.75, 3.05) is 13.1 Å². The van der Waals surface area contributed by atoms with Crippen molar-refractivity contribution in [1.29, 1.82) is 0 Å². The van der Waals surface area contributed by atoms with Crippen molar-refractivity contribution in [2.24, 2.45) is 0 Å². The molecule has 1 saturated heterocycles. The molecule has 0 bridgehead atoms. The lowest BCUT2D eigenvalue weighted by molar-refractivity contribution is -0.127. The molecule has 1 aromatic rings. The van der Waals surface area contributed by atoms with Crippen molar-refractivity contribution >= 4 is 33.1 Å². The van der Waals surface area contributed by atoms with E-state index in [0.717, 1.165) is 24.2 Å². The fourth-order valence-corrected chi connectivity index (χ4v) is 5.08. The molecule has 0 spiro atoms. The Kier molecular flexibility index (Phi) is 6.32. The molecular formula is C15H22N2O4S2. The van der Waals surface area contributed by atoms with Gasteiger partial charge in [0.05, 0.1) is 12.6 Å². The van der Waals surface area contributed by atoms with Crippen molar-refractivity contribution in [3.8, 4) is 0 Å². The smallest absolute Gasteiger partial charge is 0.252 e. The second-order valence-corrected chi connectivity index (χ2v) is 8.72. The molecule has 1 amide bonds. The topological polar surface area (TPSA) is 83.6 Å². The van der Waals surface area contributed by atoms with Crippen LogP contribution in [-0.2, 0) is 19.6 Å². The van der Waals surface area contributed by atoms with E-state index in [1.165, 1.54) is 4.31 Å². The molecule has 8 heteroatoms. The number of carbonyl (C=O) groups is 2. The second kappa shape index (κ2) is 8.03. The first kappa shape index (κ1) is 18.1. The van der Waals surface area contributed by atoms with Gasteiger partial charge in [0.25, 0.3) is 10.0 Å². The molecule has 0 radical (unpaired) electrons. The van der Waals surface area contributed by atoms with Gasteiger partial charge in [-0.2, -0.15) is 4.31 Å². The number of ketones is 1. The van der Waals surface area contributed by atoms with Gasteiger partial charge in [-0.05, 0) is 30.7 Å². The minimum Gasteiger partial charge on any atom is -0.346 e. The first-order valence-electron chi connectivity index (χ1n) is 7.81. The maximum absolute atomic E-state index is 12.5. The zero-order valence-corrected chi connectivity index (χ0v) is 14.8. The van der Waals surface area contributed by atoms with E-state index >= 15 is 0 Å². The highest BCUT2D eigenvalue weighted by molar-refractivity contribution is 7.91.